The van der Waals surface area contributed by atoms with Crippen LogP contribution in [-0.2, 0) is 0 Å². The topological polar surface area (TPSA) is 63.6 Å². The quantitative estimate of drug-likeness (QED) is 0.799. The van der Waals surface area contributed by atoms with Crippen LogP contribution in [-0.4, -0.2) is 19.7 Å². The summed E-state index contributed by atoms with van der Waals surface area (Å²) >= 11 is 3.26. The van der Waals surface area contributed by atoms with Crippen molar-refractivity contribution in [2.75, 3.05) is 0 Å². The lowest BCUT2D eigenvalue weighted by molar-refractivity contribution is 0.832. The number of aromatic amines is 1. The first-order valence-electron chi connectivity index (χ1n) is 3.51. The number of H-pyrrole nitrogens is 1. The van der Waals surface area contributed by atoms with Crippen LogP contribution in [0.1, 0.15) is 0 Å². The number of hydrogen-bond donors (Lipinski definition) is 1. The minimum Gasteiger partial charge on any atom is -0.244 e. The lowest BCUT2D eigenvalue weighted by atomic mass is 10.5. The minimum atomic E-state index is -0.385. The van der Waals surface area contributed by atoms with Gasteiger partial charge in [-0.2, -0.15) is 4.98 Å². The van der Waals surface area contributed by atoms with Crippen LogP contribution in [0.5, 0.6) is 0 Å². The van der Waals surface area contributed by atoms with Gasteiger partial charge in [-0.05, 0) is 28.1 Å². The van der Waals surface area contributed by atoms with Crippen molar-refractivity contribution in [3.8, 4) is 5.82 Å². The standard InChI is InChI=1S/C7H5BrN4O/c8-5-1-2-6(9-3-5)12-4-10-7(13)11-12/h1-4H,(H,11,13). The van der Waals surface area contributed by atoms with Gasteiger partial charge in [0.25, 0.3) is 0 Å². The van der Waals surface area contributed by atoms with E-state index in [9.17, 15) is 4.79 Å². The Morgan fingerprint density at radius 3 is 2.77 bits per heavy atom. The highest BCUT2D eigenvalue weighted by molar-refractivity contribution is 9.10. The molecule has 2 heterocycles. The second-order valence-corrected chi connectivity index (χ2v) is 3.28. The third kappa shape index (κ3) is 1.67. The van der Waals surface area contributed by atoms with Gasteiger partial charge in [-0.25, -0.2) is 19.6 Å². The van der Waals surface area contributed by atoms with Crippen molar-refractivity contribution < 1.29 is 0 Å². The molecular weight excluding hydrogens is 236 g/mol. The number of pyridine rings is 1. The highest BCUT2D eigenvalue weighted by atomic mass is 79.9. The number of halogens is 1. The maximum atomic E-state index is 10.7. The van der Waals surface area contributed by atoms with Crippen molar-refractivity contribution in [3.05, 3.63) is 39.6 Å². The van der Waals surface area contributed by atoms with Crippen molar-refractivity contribution in [2.24, 2.45) is 0 Å². The molecule has 2 aromatic rings. The molecule has 5 nitrogen and oxygen atoms in total. The summed E-state index contributed by atoms with van der Waals surface area (Å²) in [6, 6.07) is 3.60. The summed E-state index contributed by atoms with van der Waals surface area (Å²) in [5, 5.41) is 2.48. The zero-order valence-corrected chi connectivity index (χ0v) is 8.02. The third-order valence-electron chi connectivity index (χ3n) is 1.47. The molecule has 0 unspecified atom stereocenters. The number of nitrogens with zero attached hydrogens (tertiary/aromatic N) is 3. The molecule has 0 atom stereocenters. The molecule has 1 N–H and O–H groups in total. The van der Waals surface area contributed by atoms with Gasteiger partial charge in [-0.15, -0.1) is 0 Å². The first-order chi connectivity index (χ1) is 6.25. The molecule has 66 valence electrons. The van der Waals surface area contributed by atoms with Gasteiger partial charge in [-0.1, -0.05) is 0 Å². The SMILES string of the molecule is O=c1ncn(-c2ccc(Br)cn2)[nH]1. The Morgan fingerprint density at radius 1 is 1.38 bits per heavy atom. The van der Waals surface area contributed by atoms with Gasteiger partial charge >= 0.3 is 5.69 Å². The molecule has 0 saturated heterocycles. The van der Waals surface area contributed by atoms with E-state index in [0.717, 1.165) is 4.47 Å². The minimum absolute atomic E-state index is 0.385. The Kier molecular flexibility index (Phi) is 1.97. The fourth-order valence-electron chi connectivity index (χ4n) is 0.898. The highest BCUT2D eigenvalue weighted by Crippen LogP contribution is 2.08. The van der Waals surface area contributed by atoms with Crippen LogP contribution >= 0.6 is 15.9 Å². The van der Waals surface area contributed by atoms with Crippen molar-refractivity contribution in [1.82, 2.24) is 19.7 Å². The predicted molar refractivity (Wildman–Crippen MR) is 49.7 cm³/mol. The van der Waals surface area contributed by atoms with Crippen LogP contribution in [0.4, 0.5) is 0 Å². The molecule has 0 aliphatic rings. The second-order valence-electron chi connectivity index (χ2n) is 2.37. The Hall–Kier alpha value is -1.43. The second kappa shape index (κ2) is 3.14. The number of aromatic nitrogens is 4. The Balaban J connectivity index is 2.47. The maximum absolute atomic E-state index is 10.7. The van der Waals surface area contributed by atoms with E-state index < -0.39 is 0 Å². The summed E-state index contributed by atoms with van der Waals surface area (Å²) < 4.78 is 2.34. The van der Waals surface area contributed by atoms with Gasteiger partial charge in [0.15, 0.2) is 5.82 Å². The van der Waals surface area contributed by atoms with E-state index in [2.05, 4.69) is 31.0 Å². The molecule has 2 aromatic heterocycles. The summed E-state index contributed by atoms with van der Waals surface area (Å²) in [6.07, 6.45) is 3.03. The van der Waals surface area contributed by atoms with Crippen LogP contribution < -0.4 is 5.69 Å². The lowest BCUT2D eigenvalue weighted by Crippen LogP contribution is -2.05. The van der Waals surface area contributed by atoms with Crippen molar-refractivity contribution in [3.63, 3.8) is 0 Å². The van der Waals surface area contributed by atoms with E-state index in [0.29, 0.717) is 5.82 Å². The average Bonchev–Trinajstić information content (AvgIpc) is 2.53. The van der Waals surface area contributed by atoms with E-state index in [4.69, 9.17) is 0 Å². The van der Waals surface area contributed by atoms with E-state index in [-0.39, 0.29) is 5.69 Å². The number of hydrogen-bond acceptors (Lipinski definition) is 3. The molecule has 0 spiro atoms. The van der Waals surface area contributed by atoms with Gasteiger partial charge < -0.3 is 0 Å². The smallest absolute Gasteiger partial charge is 0.244 e. The molecule has 0 amide bonds. The van der Waals surface area contributed by atoms with Gasteiger partial charge in [-0.3, -0.25) is 0 Å². The van der Waals surface area contributed by atoms with Gasteiger partial charge in [0.05, 0.1) is 0 Å². The van der Waals surface area contributed by atoms with E-state index >= 15 is 0 Å². The summed E-state index contributed by atoms with van der Waals surface area (Å²) in [6.45, 7) is 0. The highest BCUT2D eigenvalue weighted by Gasteiger charge is 1.97. The maximum Gasteiger partial charge on any atom is 0.361 e. The molecule has 0 aromatic carbocycles. The molecule has 6 heteroatoms. The molecule has 13 heavy (non-hydrogen) atoms. The Bertz CT molecular complexity index is 458. The van der Waals surface area contributed by atoms with Crippen LogP contribution in [0.25, 0.3) is 5.82 Å². The Morgan fingerprint density at radius 2 is 2.23 bits per heavy atom. The van der Waals surface area contributed by atoms with Crippen LogP contribution in [0.3, 0.4) is 0 Å². The van der Waals surface area contributed by atoms with Gasteiger partial charge in [0.1, 0.15) is 6.33 Å². The van der Waals surface area contributed by atoms with Crippen LogP contribution in [0.2, 0.25) is 0 Å². The first-order valence-corrected chi connectivity index (χ1v) is 4.30. The summed E-state index contributed by atoms with van der Waals surface area (Å²) in [5.41, 5.74) is -0.385. The van der Waals surface area contributed by atoms with Gasteiger partial charge in [0, 0.05) is 10.7 Å². The third-order valence-corrected chi connectivity index (χ3v) is 1.93. The number of rotatable bonds is 1. The number of nitrogens with one attached hydrogen (secondary N) is 1. The summed E-state index contributed by atoms with van der Waals surface area (Å²) in [4.78, 5) is 18.3. The predicted octanol–water partition coefficient (Wildman–Crippen LogP) is 0.718. The molecule has 2 rings (SSSR count). The fraction of sp³-hybridized carbons (Fsp3) is 0. The van der Waals surface area contributed by atoms with Gasteiger partial charge in [0.2, 0.25) is 0 Å². The molecular formula is C7H5BrN4O. The van der Waals surface area contributed by atoms with Crippen LogP contribution in [0.15, 0.2) is 33.9 Å². The lowest BCUT2D eigenvalue weighted by Gasteiger charge is -1.98. The fourth-order valence-corrected chi connectivity index (χ4v) is 1.13. The van der Waals surface area contributed by atoms with Crippen molar-refractivity contribution in [2.45, 2.75) is 0 Å². The molecule has 0 bridgehead atoms. The van der Waals surface area contributed by atoms with Crippen molar-refractivity contribution in [1.29, 1.82) is 0 Å². The average molecular weight is 241 g/mol. The normalized spacial score (nSPS) is 10.2. The van der Waals surface area contributed by atoms with Crippen molar-refractivity contribution >= 4 is 15.9 Å². The van der Waals surface area contributed by atoms with E-state index in [1.807, 2.05) is 6.07 Å². The van der Waals surface area contributed by atoms with E-state index in [1.54, 1.807) is 12.3 Å². The summed E-state index contributed by atoms with van der Waals surface area (Å²) in [5.74, 6) is 0.623. The first kappa shape index (κ1) is 8.18. The van der Waals surface area contributed by atoms with E-state index in [1.165, 1.54) is 11.0 Å². The molecule has 0 radical (unpaired) electrons. The molecule has 0 fully saturated rings. The zero-order valence-electron chi connectivity index (χ0n) is 6.44. The Labute approximate surface area is 81.6 Å². The monoisotopic (exact) mass is 240 g/mol. The molecule has 0 saturated carbocycles. The zero-order chi connectivity index (χ0) is 9.26. The molecule has 0 aliphatic carbocycles. The summed E-state index contributed by atoms with van der Waals surface area (Å²) in [7, 11) is 0. The molecule has 0 aliphatic heterocycles. The largest absolute Gasteiger partial charge is 0.361 e. The van der Waals surface area contributed by atoms with Crippen LogP contribution in [0, 0.1) is 0 Å².